The average Bonchev–Trinajstić information content (AvgIpc) is 1.05. The Kier molecular flexibility index (Phi) is 31.0. The largest absolute Gasteiger partial charge is 2.00 e. The molecule has 0 fully saturated rings. The van der Waals surface area contributed by atoms with Gasteiger partial charge in [0.05, 0.1) is 33.6 Å². The molecule has 0 heterocycles. The van der Waals surface area contributed by atoms with Gasteiger partial charge < -0.3 is 34.0 Å². The molecule has 0 N–H and O–H groups in total. The summed E-state index contributed by atoms with van der Waals surface area (Å²) < 4.78 is 166. The van der Waals surface area contributed by atoms with Gasteiger partial charge in [-0.25, -0.2) is 0 Å². The minimum absolute atomic E-state index is 0. The molecule has 0 unspecified atom stereocenters. The van der Waals surface area contributed by atoms with E-state index < -0.39 is 47.0 Å². The van der Waals surface area contributed by atoms with Crippen LogP contribution < -0.4 is 0 Å². The number of hydrogen-bond donors (Lipinski definition) is 0. The zero-order valence-corrected chi connectivity index (χ0v) is 56.6. The Labute approximate surface area is 556 Å². The molecular formula is C70H78Cu2F12N4S2. The molecule has 20 heteroatoms. The first kappa shape index (κ1) is 80.7. The Hall–Kier alpha value is -5.36. The second-order valence-corrected chi connectivity index (χ2v) is 23.9. The molecule has 0 aliphatic rings. The van der Waals surface area contributed by atoms with Crippen LogP contribution >= 0.6 is 0 Å². The van der Waals surface area contributed by atoms with Crippen LogP contribution in [0.25, 0.3) is 21.8 Å². The minimum atomic E-state index is -4.99. The molecule has 0 saturated carbocycles. The van der Waals surface area contributed by atoms with Gasteiger partial charge in [0.1, 0.15) is 0 Å². The molecule has 4 nitrogen and oxygen atoms in total. The van der Waals surface area contributed by atoms with Crippen LogP contribution in [0.4, 0.5) is 75.4 Å². The summed E-state index contributed by atoms with van der Waals surface area (Å²) in [5, 5.41) is 9.44. The Bertz CT molecular complexity index is 3030. The standard InChI is InChI=1S/2C35H39F6N2.2Cu.S2/c2*1-20(2)28-11-9-12-29(21(3)4)32(28)42-18-25(19-43-33-30(22(5)6)13-10-14-31(33)23(7)8)24-15-26(34(36,37)38)17-27(16-24)35(39,40)41;;;1-2/h2*9-23H,1-8H3;;;/q2*-1;2*+2;-2/b2*25-18+,43-19?;;;. The molecule has 0 aliphatic heterocycles. The fourth-order valence-corrected chi connectivity index (χ4v) is 9.79. The van der Waals surface area contributed by atoms with Crippen molar-refractivity contribution < 1.29 is 86.8 Å². The Morgan fingerprint density at radius 2 is 0.522 bits per heavy atom. The van der Waals surface area contributed by atoms with Gasteiger partial charge in [-0.15, -0.1) is 11.4 Å². The maximum Gasteiger partial charge on any atom is 2.00 e. The minimum Gasteiger partial charge on any atom is -1.00 e. The predicted molar refractivity (Wildman–Crippen MR) is 344 cm³/mol. The summed E-state index contributed by atoms with van der Waals surface area (Å²) >= 11 is 7.33. The number of para-hydroxylation sites is 4. The summed E-state index contributed by atoms with van der Waals surface area (Å²) in [6.07, 6.45) is -14.6. The molecule has 2 radical (unpaired) electrons. The van der Waals surface area contributed by atoms with E-state index in [1.54, 1.807) is 0 Å². The molecule has 0 aliphatic carbocycles. The summed E-state index contributed by atoms with van der Waals surface area (Å²) in [4.78, 5) is 9.44. The number of allylic oxidation sites excluding steroid dienone is 2. The van der Waals surface area contributed by atoms with E-state index in [0.717, 1.165) is 68.8 Å². The molecule has 6 aromatic rings. The van der Waals surface area contributed by atoms with Crippen molar-refractivity contribution in [2.75, 3.05) is 0 Å². The smallest absolute Gasteiger partial charge is 1.00 e. The number of nitrogens with zero attached hydrogens (tertiary/aromatic N) is 4. The van der Waals surface area contributed by atoms with Gasteiger partial charge in [0.25, 0.3) is 0 Å². The third-order valence-corrected chi connectivity index (χ3v) is 14.5. The van der Waals surface area contributed by atoms with Crippen molar-refractivity contribution in [2.45, 2.75) is 183 Å². The molecule has 6 rings (SSSR count). The van der Waals surface area contributed by atoms with Gasteiger partial charge in [0.15, 0.2) is 0 Å². The van der Waals surface area contributed by atoms with Gasteiger partial charge in [-0.2, -0.15) is 65.1 Å². The summed E-state index contributed by atoms with van der Waals surface area (Å²) in [6.45, 7) is 32.1. The molecule has 0 saturated heterocycles. The Morgan fingerprint density at radius 3 is 0.700 bits per heavy atom. The van der Waals surface area contributed by atoms with E-state index in [2.05, 4.69) is 23.3 Å². The number of benzene rings is 6. The van der Waals surface area contributed by atoms with E-state index in [1.165, 1.54) is 24.8 Å². The van der Waals surface area contributed by atoms with Crippen LogP contribution in [-0.4, -0.2) is 12.4 Å². The van der Waals surface area contributed by atoms with Crippen LogP contribution in [0.1, 0.15) is 236 Å². The molecule has 496 valence electrons. The molecule has 0 spiro atoms. The monoisotopic (exact) mass is 1390 g/mol. The molecule has 6 aromatic carbocycles. The van der Waals surface area contributed by atoms with Crippen LogP contribution in [0.5, 0.6) is 0 Å². The second kappa shape index (κ2) is 34.5. The van der Waals surface area contributed by atoms with Gasteiger partial charge >= 0.3 is 58.8 Å². The van der Waals surface area contributed by atoms with Gasteiger partial charge in [-0.05, 0) is 128 Å². The normalized spacial score (nSPS) is 12.8. The third-order valence-electron chi connectivity index (χ3n) is 14.5. The van der Waals surface area contributed by atoms with Crippen molar-refractivity contribution in [1.29, 1.82) is 0 Å². The summed E-state index contributed by atoms with van der Waals surface area (Å²) in [5.74, 6) is 0.666. The molecule has 0 aromatic heterocycles. The SMILES string of the molecule is CC(C)c1cccc(C(C)C)c1N=C/C(=C\[N-]c1c(C(C)C)cccc1C(C)C)c1cc(C(F)(F)F)cc(C(F)(F)F)c1.CC(C)c1cccc(C(C)C)c1N=C/C(=C\[N-]c1c(C(C)C)cccc1C(C)C)c1cc(C(F)(F)F)cc(C(F)(F)F)c1.[Cu+2].[Cu+2].[S-][S-]. The van der Waals surface area contributed by atoms with E-state index in [4.69, 9.17) is 20.6 Å². The topological polar surface area (TPSA) is 52.9 Å². The van der Waals surface area contributed by atoms with Crippen molar-refractivity contribution in [2.24, 2.45) is 9.98 Å². The number of halogens is 12. The first-order valence-electron chi connectivity index (χ1n) is 29.0. The zero-order valence-electron chi connectivity index (χ0n) is 53.1. The number of aliphatic imine (C=N–C) groups is 2. The number of hydrogen-bond acceptors (Lipinski definition) is 4. The van der Waals surface area contributed by atoms with Crippen LogP contribution in [0.15, 0.2) is 132 Å². The first-order chi connectivity index (χ1) is 40.8. The van der Waals surface area contributed by atoms with E-state index in [0.29, 0.717) is 22.7 Å². The predicted octanol–water partition coefficient (Wildman–Crippen LogP) is 25.3. The summed E-state index contributed by atoms with van der Waals surface area (Å²) in [5.41, 5.74) is 3.86. The molecular weight excluding hydrogens is 1320 g/mol. The van der Waals surface area contributed by atoms with E-state index in [1.807, 2.05) is 184 Å². The fraction of sp³-hybridized carbons (Fsp3) is 0.400. The van der Waals surface area contributed by atoms with Crippen molar-refractivity contribution in [1.82, 2.24) is 0 Å². The first-order valence-corrected chi connectivity index (χ1v) is 30.3. The summed E-state index contributed by atoms with van der Waals surface area (Å²) in [7, 11) is 0. The van der Waals surface area contributed by atoms with Crippen molar-refractivity contribution in [3.8, 4) is 0 Å². The maximum atomic E-state index is 13.8. The van der Waals surface area contributed by atoms with Gasteiger partial charge in [-0.3, -0.25) is 9.98 Å². The Morgan fingerprint density at radius 1 is 0.333 bits per heavy atom. The van der Waals surface area contributed by atoms with Crippen molar-refractivity contribution in [3.63, 3.8) is 0 Å². The zero-order chi connectivity index (χ0) is 66.6. The molecule has 0 amide bonds. The Balaban J connectivity index is 0.000000584. The van der Waals surface area contributed by atoms with Crippen LogP contribution in [0, 0.1) is 0 Å². The molecule has 0 bridgehead atoms. The quantitative estimate of drug-likeness (QED) is 0.0283. The second-order valence-electron chi connectivity index (χ2n) is 23.9. The molecule has 90 heavy (non-hydrogen) atoms. The number of alkyl halides is 12. The van der Waals surface area contributed by atoms with Gasteiger partial charge in [-0.1, -0.05) is 206 Å². The average molecular weight is 1390 g/mol. The number of rotatable bonds is 18. The summed E-state index contributed by atoms with van der Waals surface area (Å²) in [6, 6.07) is 26.3. The third kappa shape index (κ3) is 21.9. The van der Waals surface area contributed by atoms with Crippen LogP contribution in [-0.2, 0) is 82.2 Å². The van der Waals surface area contributed by atoms with Gasteiger partial charge in [0.2, 0.25) is 0 Å². The van der Waals surface area contributed by atoms with Crippen LogP contribution in [0.3, 0.4) is 0 Å². The fourth-order valence-electron chi connectivity index (χ4n) is 9.79. The van der Waals surface area contributed by atoms with E-state index in [-0.39, 0.29) is 116 Å². The van der Waals surface area contributed by atoms with E-state index in [9.17, 15) is 52.7 Å². The maximum absolute atomic E-state index is 13.8. The van der Waals surface area contributed by atoms with Gasteiger partial charge in [0, 0.05) is 12.4 Å². The molecule has 0 atom stereocenters. The van der Waals surface area contributed by atoms with E-state index >= 15 is 0 Å². The van der Waals surface area contributed by atoms with Crippen LogP contribution in [0.2, 0.25) is 0 Å². The van der Waals surface area contributed by atoms with Crippen molar-refractivity contribution in [3.05, 3.63) is 210 Å². The van der Waals surface area contributed by atoms with Crippen molar-refractivity contribution >= 4 is 69.6 Å².